The second kappa shape index (κ2) is 7.54. The number of aromatic amines is 2. The van der Waals surface area contributed by atoms with E-state index in [9.17, 15) is 23.2 Å². The van der Waals surface area contributed by atoms with Gasteiger partial charge < -0.3 is 19.8 Å². The maximum Gasteiger partial charge on any atom is 0.270 e. The normalized spacial score (nSPS) is 15.6. The summed E-state index contributed by atoms with van der Waals surface area (Å²) in [5, 5.41) is 1.08. The molecule has 2 aromatic heterocycles. The van der Waals surface area contributed by atoms with Gasteiger partial charge >= 0.3 is 0 Å². The van der Waals surface area contributed by atoms with Crippen molar-refractivity contribution in [1.29, 1.82) is 0 Å². The van der Waals surface area contributed by atoms with Gasteiger partial charge in [-0.05, 0) is 29.7 Å². The molecule has 0 unspecified atom stereocenters. The zero-order valence-electron chi connectivity index (χ0n) is 17.9. The van der Waals surface area contributed by atoms with Gasteiger partial charge in [0, 0.05) is 42.7 Å². The standard InChI is InChI=1S/C24H20F2N4O3/c1-12(31)30-10-20-22(14-8-16(25)17(26)9-15(14)23(32)28-20)21(11-30)29(2)24(33)19-7-13-5-3-4-6-18(13)27-19/h3-9,21,27H,10-11H2,1-2H3,(H,28,32)/t21-/m1/s1. The van der Waals surface area contributed by atoms with E-state index < -0.39 is 23.2 Å². The van der Waals surface area contributed by atoms with Crippen LogP contribution in [-0.4, -0.2) is 45.2 Å². The second-order valence-electron chi connectivity index (χ2n) is 8.26. The maximum absolute atomic E-state index is 14.2. The first-order valence-electron chi connectivity index (χ1n) is 10.4. The van der Waals surface area contributed by atoms with E-state index in [1.54, 1.807) is 13.1 Å². The Balaban J connectivity index is 1.67. The van der Waals surface area contributed by atoms with Gasteiger partial charge in [0.05, 0.1) is 18.0 Å². The molecule has 0 spiro atoms. The smallest absolute Gasteiger partial charge is 0.270 e. The van der Waals surface area contributed by atoms with E-state index in [-0.39, 0.29) is 35.7 Å². The Morgan fingerprint density at radius 2 is 1.76 bits per heavy atom. The third-order valence-corrected chi connectivity index (χ3v) is 6.25. The summed E-state index contributed by atoms with van der Waals surface area (Å²) in [6.07, 6.45) is 0. The van der Waals surface area contributed by atoms with Crippen LogP contribution < -0.4 is 5.56 Å². The van der Waals surface area contributed by atoms with Crippen LogP contribution >= 0.6 is 0 Å². The molecular formula is C24H20F2N4O3. The van der Waals surface area contributed by atoms with Gasteiger partial charge in [0.15, 0.2) is 11.6 Å². The topological polar surface area (TPSA) is 89.3 Å². The molecule has 0 saturated heterocycles. The highest BCUT2D eigenvalue weighted by molar-refractivity contribution is 5.98. The number of nitrogens with zero attached hydrogens (tertiary/aromatic N) is 2. The molecule has 1 atom stereocenters. The van der Waals surface area contributed by atoms with Crippen LogP contribution in [0.5, 0.6) is 0 Å². The Morgan fingerprint density at radius 3 is 2.45 bits per heavy atom. The largest absolute Gasteiger partial charge is 0.351 e. The molecule has 33 heavy (non-hydrogen) atoms. The number of H-pyrrole nitrogens is 2. The molecule has 3 heterocycles. The van der Waals surface area contributed by atoms with Crippen molar-refractivity contribution in [3.63, 3.8) is 0 Å². The van der Waals surface area contributed by atoms with Crippen LogP contribution in [0.15, 0.2) is 47.3 Å². The molecule has 1 aliphatic rings. The molecule has 0 radical (unpaired) electrons. The van der Waals surface area contributed by atoms with Crippen LogP contribution in [0.4, 0.5) is 8.78 Å². The molecule has 7 nitrogen and oxygen atoms in total. The van der Waals surface area contributed by atoms with Crippen molar-refractivity contribution in [1.82, 2.24) is 19.8 Å². The number of carbonyl (C=O) groups excluding carboxylic acids is 2. The van der Waals surface area contributed by atoms with Crippen molar-refractivity contribution in [2.24, 2.45) is 0 Å². The molecule has 9 heteroatoms. The van der Waals surface area contributed by atoms with E-state index in [1.807, 2.05) is 24.3 Å². The molecule has 0 bridgehead atoms. The molecule has 4 aromatic rings. The van der Waals surface area contributed by atoms with Gasteiger partial charge in [-0.3, -0.25) is 14.4 Å². The van der Waals surface area contributed by atoms with E-state index in [0.717, 1.165) is 23.0 Å². The first-order valence-corrected chi connectivity index (χ1v) is 10.4. The van der Waals surface area contributed by atoms with Crippen molar-refractivity contribution in [2.45, 2.75) is 19.5 Å². The average molecular weight is 450 g/mol. The number of amides is 2. The molecule has 0 fully saturated rings. The first-order chi connectivity index (χ1) is 15.7. The number of fused-ring (bicyclic) bond motifs is 4. The summed E-state index contributed by atoms with van der Waals surface area (Å²) < 4.78 is 28.1. The average Bonchev–Trinajstić information content (AvgIpc) is 3.23. The molecule has 2 amide bonds. The minimum absolute atomic E-state index is 0.0135. The number of nitrogens with one attached hydrogen (secondary N) is 2. The number of likely N-dealkylation sites (N-methyl/N-ethyl adjacent to an activating group) is 1. The lowest BCUT2D eigenvalue weighted by molar-refractivity contribution is -0.130. The lowest BCUT2D eigenvalue weighted by atomic mass is 9.92. The van der Waals surface area contributed by atoms with Gasteiger partial charge in [-0.15, -0.1) is 0 Å². The van der Waals surface area contributed by atoms with Crippen molar-refractivity contribution in [3.05, 3.63) is 81.4 Å². The van der Waals surface area contributed by atoms with Crippen molar-refractivity contribution < 1.29 is 18.4 Å². The molecule has 1 aliphatic heterocycles. The lowest BCUT2D eigenvalue weighted by Crippen LogP contribution is -2.45. The number of para-hydroxylation sites is 1. The minimum atomic E-state index is -1.13. The fourth-order valence-corrected chi connectivity index (χ4v) is 4.53. The maximum atomic E-state index is 14.2. The zero-order valence-corrected chi connectivity index (χ0v) is 17.9. The van der Waals surface area contributed by atoms with Crippen LogP contribution in [0.2, 0.25) is 0 Å². The number of aromatic nitrogens is 2. The Hall–Kier alpha value is -4.01. The molecule has 5 rings (SSSR count). The number of carbonyl (C=O) groups is 2. The van der Waals surface area contributed by atoms with Crippen LogP contribution in [-0.2, 0) is 11.3 Å². The number of hydrogen-bond acceptors (Lipinski definition) is 3. The summed E-state index contributed by atoms with van der Waals surface area (Å²) >= 11 is 0. The van der Waals surface area contributed by atoms with E-state index in [2.05, 4.69) is 9.97 Å². The van der Waals surface area contributed by atoms with E-state index in [1.165, 1.54) is 16.7 Å². The predicted molar refractivity (Wildman–Crippen MR) is 119 cm³/mol. The van der Waals surface area contributed by atoms with Gasteiger partial charge in [-0.1, -0.05) is 18.2 Å². The van der Waals surface area contributed by atoms with Crippen molar-refractivity contribution in [3.8, 4) is 0 Å². The summed E-state index contributed by atoms with van der Waals surface area (Å²) in [5.74, 6) is -2.79. The Morgan fingerprint density at radius 1 is 1.06 bits per heavy atom. The van der Waals surface area contributed by atoms with Crippen LogP contribution in [0.25, 0.3) is 21.7 Å². The van der Waals surface area contributed by atoms with Gasteiger partial charge in [0.25, 0.3) is 11.5 Å². The lowest BCUT2D eigenvalue weighted by Gasteiger charge is -2.39. The second-order valence-corrected chi connectivity index (χ2v) is 8.26. The van der Waals surface area contributed by atoms with Crippen molar-refractivity contribution >= 4 is 33.5 Å². The number of rotatable bonds is 2. The third kappa shape index (κ3) is 3.36. The van der Waals surface area contributed by atoms with Gasteiger partial charge in [0.1, 0.15) is 5.69 Å². The highest BCUT2D eigenvalue weighted by Gasteiger charge is 2.35. The molecule has 0 aliphatic carbocycles. The first kappa shape index (κ1) is 20.9. The number of pyridine rings is 1. The molecular weight excluding hydrogens is 430 g/mol. The van der Waals surface area contributed by atoms with Gasteiger partial charge in [0.2, 0.25) is 5.91 Å². The van der Waals surface area contributed by atoms with E-state index in [4.69, 9.17) is 0 Å². The number of halogens is 2. The van der Waals surface area contributed by atoms with Gasteiger partial charge in [-0.2, -0.15) is 0 Å². The zero-order chi connectivity index (χ0) is 23.4. The summed E-state index contributed by atoms with van der Waals surface area (Å²) in [6.45, 7) is 1.64. The molecule has 0 saturated carbocycles. The molecule has 2 N–H and O–H groups in total. The predicted octanol–water partition coefficient (Wildman–Crippen LogP) is 3.46. The van der Waals surface area contributed by atoms with Crippen LogP contribution in [0, 0.1) is 11.6 Å². The fourth-order valence-electron chi connectivity index (χ4n) is 4.53. The van der Waals surface area contributed by atoms with Crippen LogP contribution in [0.3, 0.4) is 0 Å². The Labute approximate surface area is 186 Å². The minimum Gasteiger partial charge on any atom is -0.351 e. The fraction of sp³-hybridized carbons (Fsp3) is 0.208. The quantitative estimate of drug-likeness (QED) is 0.490. The summed E-state index contributed by atoms with van der Waals surface area (Å²) in [6, 6.07) is 10.3. The monoisotopic (exact) mass is 450 g/mol. The SMILES string of the molecule is CC(=O)N1Cc2[nH]c(=O)c3cc(F)c(F)cc3c2[C@H](N(C)C(=O)c2cc3ccccc3[nH]2)C1. The number of benzene rings is 2. The van der Waals surface area contributed by atoms with Crippen molar-refractivity contribution in [2.75, 3.05) is 13.6 Å². The van der Waals surface area contributed by atoms with E-state index >= 15 is 0 Å². The Kier molecular flexibility index (Phi) is 4.77. The molecule has 2 aromatic carbocycles. The third-order valence-electron chi connectivity index (χ3n) is 6.25. The molecule has 168 valence electrons. The Bertz CT molecular complexity index is 1470. The number of hydrogen-bond donors (Lipinski definition) is 2. The summed E-state index contributed by atoms with van der Waals surface area (Å²) in [7, 11) is 1.59. The van der Waals surface area contributed by atoms with Gasteiger partial charge in [-0.25, -0.2) is 8.78 Å². The highest BCUT2D eigenvalue weighted by Crippen LogP contribution is 2.35. The summed E-state index contributed by atoms with van der Waals surface area (Å²) in [4.78, 5) is 47.0. The highest BCUT2D eigenvalue weighted by atomic mass is 19.2. The summed E-state index contributed by atoms with van der Waals surface area (Å²) in [5.41, 5.74) is 1.45. The van der Waals surface area contributed by atoms with Crippen LogP contribution in [0.1, 0.15) is 34.7 Å². The van der Waals surface area contributed by atoms with E-state index in [0.29, 0.717) is 17.0 Å².